The molecule has 1 aromatic heterocycles. The standard InChI is InChI=1S/C14H17BrN2O2/c1-3-12(11-6-10(15)4-5-13(11)18)16-8-14-17-7-9(2)19-14/h4-7,12,16,18H,3,8H2,1-2H3. The van der Waals surface area contributed by atoms with E-state index in [1.54, 1.807) is 12.3 Å². The third-order valence-electron chi connectivity index (χ3n) is 2.94. The smallest absolute Gasteiger partial charge is 0.208 e. The van der Waals surface area contributed by atoms with Crippen LogP contribution >= 0.6 is 15.9 Å². The van der Waals surface area contributed by atoms with Crippen LogP contribution in [0.5, 0.6) is 5.75 Å². The first-order chi connectivity index (χ1) is 9.10. The fraction of sp³-hybridized carbons (Fsp3) is 0.357. The van der Waals surface area contributed by atoms with E-state index >= 15 is 0 Å². The number of oxazole rings is 1. The summed E-state index contributed by atoms with van der Waals surface area (Å²) in [5.41, 5.74) is 0.875. The molecule has 19 heavy (non-hydrogen) atoms. The minimum atomic E-state index is 0.0599. The van der Waals surface area contributed by atoms with Crippen molar-refractivity contribution in [1.82, 2.24) is 10.3 Å². The van der Waals surface area contributed by atoms with Gasteiger partial charge in [0.25, 0.3) is 0 Å². The zero-order valence-corrected chi connectivity index (χ0v) is 12.6. The number of phenols is 1. The molecule has 2 aromatic rings. The molecule has 102 valence electrons. The summed E-state index contributed by atoms with van der Waals surface area (Å²) < 4.78 is 6.37. The van der Waals surface area contributed by atoms with Crippen molar-refractivity contribution in [2.75, 3.05) is 0 Å². The van der Waals surface area contributed by atoms with Crippen LogP contribution < -0.4 is 5.32 Å². The Morgan fingerprint density at radius 3 is 2.89 bits per heavy atom. The molecule has 1 unspecified atom stereocenters. The molecule has 4 nitrogen and oxygen atoms in total. The van der Waals surface area contributed by atoms with Gasteiger partial charge in [0.15, 0.2) is 0 Å². The number of halogens is 1. The Morgan fingerprint density at radius 1 is 1.47 bits per heavy atom. The number of aryl methyl sites for hydroxylation is 1. The highest BCUT2D eigenvalue weighted by Gasteiger charge is 2.14. The lowest BCUT2D eigenvalue weighted by molar-refractivity contribution is 0.406. The number of nitrogens with zero attached hydrogens (tertiary/aromatic N) is 1. The average Bonchev–Trinajstić information content (AvgIpc) is 2.80. The molecule has 1 aromatic carbocycles. The fourth-order valence-corrected chi connectivity index (χ4v) is 2.35. The van der Waals surface area contributed by atoms with E-state index in [9.17, 15) is 5.11 Å². The van der Waals surface area contributed by atoms with Gasteiger partial charge in [0.05, 0.1) is 12.7 Å². The molecule has 2 rings (SSSR count). The summed E-state index contributed by atoms with van der Waals surface area (Å²) in [4.78, 5) is 4.15. The van der Waals surface area contributed by atoms with Crippen molar-refractivity contribution in [2.24, 2.45) is 0 Å². The van der Waals surface area contributed by atoms with Crippen LogP contribution in [0.1, 0.15) is 36.6 Å². The van der Waals surface area contributed by atoms with E-state index in [2.05, 4.69) is 33.2 Å². The molecule has 0 spiro atoms. The highest BCUT2D eigenvalue weighted by atomic mass is 79.9. The van der Waals surface area contributed by atoms with Gasteiger partial charge in [-0.05, 0) is 31.5 Å². The molecule has 0 radical (unpaired) electrons. The van der Waals surface area contributed by atoms with Crippen molar-refractivity contribution in [3.05, 3.63) is 46.1 Å². The van der Waals surface area contributed by atoms with Gasteiger partial charge in [0.2, 0.25) is 5.89 Å². The molecule has 0 saturated heterocycles. The molecule has 0 bridgehead atoms. The molecule has 0 amide bonds. The minimum absolute atomic E-state index is 0.0599. The lowest BCUT2D eigenvalue weighted by Gasteiger charge is -2.18. The monoisotopic (exact) mass is 324 g/mol. The Labute approximate surface area is 121 Å². The summed E-state index contributed by atoms with van der Waals surface area (Å²) in [5.74, 6) is 1.76. The molecule has 0 aliphatic heterocycles. The second kappa shape index (κ2) is 6.21. The quantitative estimate of drug-likeness (QED) is 0.880. The third kappa shape index (κ3) is 3.58. The third-order valence-corrected chi connectivity index (χ3v) is 3.44. The number of nitrogens with one attached hydrogen (secondary N) is 1. The minimum Gasteiger partial charge on any atom is -0.508 e. The van der Waals surface area contributed by atoms with Crippen molar-refractivity contribution in [3.8, 4) is 5.75 Å². The number of rotatable bonds is 5. The van der Waals surface area contributed by atoms with Crippen molar-refractivity contribution in [3.63, 3.8) is 0 Å². The zero-order chi connectivity index (χ0) is 13.8. The van der Waals surface area contributed by atoms with E-state index in [0.717, 1.165) is 22.2 Å². The highest BCUT2D eigenvalue weighted by Crippen LogP contribution is 2.29. The molecule has 5 heteroatoms. The first kappa shape index (κ1) is 14.1. The van der Waals surface area contributed by atoms with Crippen molar-refractivity contribution < 1.29 is 9.52 Å². The number of hydrogen-bond acceptors (Lipinski definition) is 4. The van der Waals surface area contributed by atoms with Crippen LogP contribution in [0, 0.1) is 6.92 Å². The number of aromatic nitrogens is 1. The van der Waals surface area contributed by atoms with Gasteiger partial charge in [-0.2, -0.15) is 0 Å². The van der Waals surface area contributed by atoms with E-state index < -0.39 is 0 Å². The number of phenolic OH excluding ortho intramolecular Hbond substituents is 1. The van der Waals surface area contributed by atoms with Crippen LogP contribution in [0.15, 0.2) is 33.3 Å². The molecular formula is C14H17BrN2O2. The van der Waals surface area contributed by atoms with Crippen LogP contribution in [0.25, 0.3) is 0 Å². The summed E-state index contributed by atoms with van der Waals surface area (Å²) in [5, 5.41) is 13.3. The fourth-order valence-electron chi connectivity index (χ4n) is 1.97. The Balaban J connectivity index is 2.09. The van der Waals surface area contributed by atoms with E-state index in [0.29, 0.717) is 18.2 Å². The Bertz CT molecular complexity index is 554. The van der Waals surface area contributed by atoms with E-state index in [-0.39, 0.29) is 6.04 Å². The number of aromatic hydroxyl groups is 1. The maximum absolute atomic E-state index is 9.94. The molecule has 0 aliphatic rings. The average molecular weight is 325 g/mol. The van der Waals surface area contributed by atoms with Crippen LogP contribution in [0.3, 0.4) is 0 Å². The number of hydrogen-bond donors (Lipinski definition) is 2. The normalized spacial score (nSPS) is 12.6. The highest BCUT2D eigenvalue weighted by molar-refractivity contribution is 9.10. The van der Waals surface area contributed by atoms with Gasteiger partial charge < -0.3 is 14.8 Å². The van der Waals surface area contributed by atoms with Crippen LogP contribution in [0.4, 0.5) is 0 Å². The Morgan fingerprint density at radius 2 is 2.26 bits per heavy atom. The first-order valence-electron chi connectivity index (χ1n) is 6.23. The van der Waals surface area contributed by atoms with Crippen LogP contribution in [-0.2, 0) is 6.54 Å². The predicted molar refractivity (Wildman–Crippen MR) is 76.9 cm³/mol. The van der Waals surface area contributed by atoms with Crippen molar-refractivity contribution >= 4 is 15.9 Å². The molecule has 0 saturated carbocycles. The molecule has 1 heterocycles. The van der Waals surface area contributed by atoms with Gasteiger partial charge in [-0.25, -0.2) is 4.98 Å². The molecule has 2 N–H and O–H groups in total. The van der Waals surface area contributed by atoms with E-state index in [1.807, 2.05) is 19.1 Å². The maximum Gasteiger partial charge on any atom is 0.208 e. The molecular weight excluding hydrogens is 308 g/mol. The summed E-state index contributed by atoms with van der Waals surface area (Å²) >= 11 is 3.42. The van der Waals surface area contributed by atoms with Crippen LogP contribution in [0.2, 0.25) is 0 Å². The second-order valence-electron chi connectivity index (χ2n) is 4.41. The first-order valence-corrected chi connectivity index (χ1v) is 7.02. The van der Waals surface area contributed by atoms with Gasteiger partial charge in [0.1, 0.15) is 11.5 Å². The van der Waals surface area contributed by atoms with E-state index in [1.165, 1.54) is 0 Å². The Hall–Kier alpha value is -1.33. The SMILES string of the molecule is CCC(NCc1ncc(C)o1)c1cc(Br)ccc1O. The lowest BCUT2D eigenvalue weighted by atomic mass is 10.0. The zero-order valence-electron chi connectivity index (χ0n) is 11.0. The van der Waals surface area contributed by atoms with Gasteiger partial charge in [0, 0.05) is 16.1 Å². The topological polar surface area (TPSA) is 58.3 Å². The summed E-state index contributed by atoms with van der Waals surface area (Å²) in [7, 11) is 0. The van der Waals surface area contributed by atoms with Gasteiger partial charge in [-0.15, -0.1) is 0 Å². The predicted octanol–water partition coefficient (Wildman–Crippen LogP) is 3.69. The second-order valence-corrected chi connectivity index (χ2v) is 5.33. The molecule has 1 atom stereocenters. The lowest BCUT2D eigenvalue weighted by Crippen LogP contribution is -2.20. The van der Waals surface area contributed by atoms with Gasteiger partial charge >= 0.3 is 0 Å². The van der Waals surface area contributed by atoms with Crippen molar-refractivity contribution in [2.45, 2.75) is 32.9 Å². The van der Waals surface area contributed by atoms with E-state index in [4.69, 9.17) is 4.42 Å². The summed E-state index contributed by atoms with van der Waals surface area (Å²) in [6, 6.07) is 5.50. The number of benzene rings is 1. The van der Waals surface area contributed by atoms with Crippen molar-refractivity contribution in [1.29, 1.82) is 0 Å². The molecule has 0 fully saturated rings. The summed E-state index contributed by atoms with van der Waals surface area (Å²) in [6.07, 6.45) is 2.57. The Kier molecular flexibility index (Phi) is 4.61. The van der Waals surface area contributed by atoms with Gasteiger partial charge in [-0.3, -0.25) is 0 Å². The van der Waals surface area contributed by atoms with Gasteiger partial charge in [-0.1, -0.05) is 22.9 Å². The summed E-state index contributed by atoms with van der Waals surface area (Å²) in [6.45, 7) is 4.48. The largest absolute Gasteiger partial charge is 0.508 e. The maximum atomic E-state index is 9.94. The van der Waals surface area contributed by atoms with Crippen LogP contribution in [-0.4, -0.2) is 10.1 Å². The molecule has 0 aliphatic carbocycles.